The van der Waals surface area contributed by atoms with Gasteiger partial charge in [0.2, 0.25) is 0 Å². The highest BCUT2D eigenvalue weighted by Crippen LogP contribution is 2.21. The van der Waals surface area contributed by atoms with E-state index in [1.165, 1.54) is 18.4 Å². The zero-order valence-corrected chi connectivity index (χ0v) is 8.14. The fourth-order valence-corrected chi connectivity index (χ4v) is 1.59. The summed E-state index contributed by atoms with van der Waals surface area (Å²) in [6.45, 7) is 4.08. The standard InChI is InChI=1S/C8H11NO2S/c1-5(2)7-9-4-6(12-7)8(10)11-3/h4-5H,1-3H3. The summed E-state index contributed by atoms with van der Waals surface area (Å²) in [6.07, 6.45) is 1.56. The topological polar surface area (TPSA) is 39.2 Å². The van der Waals surface area contributed by atoms with Crippen molar-refractivity contribution in [3.05, 3.63) is 16.1 Å². The van der Waals surface area contributed by atoms with Gasteiger partial charge in [-0.2, -0.15) is 0 Å². The normalized spacial score (nSPS) is 10.3. The average molecular weight is 185 g/mol. The monoisotopic (exact) mass is 185 g/mol. The Balaban J connectivity index is 2.84. The van der Waals surface area contributed by atoms with Crippen molar-refractivity contribution in [2.75, 3.05) is 7.11 Å². The molecular formula is C8H11NO2S. The van der Waals surface area contributed by atoms with E-state index >= 15 is 0 Å². The molecule has 0 saturated heterocycles. The molecule has 0 amide bonds. The first-order valence-electron chi connectivity index (χ1n) is 3.69. The molecule has 1 rings (SSSR count). The summed E-state index contributed by atoms with van der Waals surface area (Å²) >= 11 is 1.39. The van der Waals surface area contributed by atoms with Crippen molar-refractivity contribution in [1.82, 2.24) is 4.98 Å². The van der Waals surface area contributed by atoms with E-state index in [9.17, 15) is 4.79 Å². The Morgan fingerprint density at radius 1 is 1.67 bits per heavy atom. The Morgan fingerprint density at radius 2 is 2.33 bits per heavy atom. The van der Waals surface area contributed by atoms with Crippen LogP contribution in [0, 0.1) is 0 Å². The predicted octanol–water partition coefficient (Wildman–Crippen LogP) is 2.05. The summed E-state index contributed by atoms with van der Waals surface area (Å²) in [7, 11) is 1.37. The second-order valence-electron chi connectivity index (χ2n) is 2.71. The summed E-state index contributed by atoms with van der Waals surface area (Å²) in [6, 6.07) is 0. The maximum absolute atomic E-state index is 11.0. The van der Waals surface area contributed by atoms with Crippen molar-refractivity contribution >= 4 is 17.3 Å². The lowest BCUT2D eigenvalue weighted by molar-refractivity contribution is 0.0606. The van der Waals surface area contributed by atoms with Gasteiger partial charge >= 0.3 is 5.97 Å². The molecule has 0 aromatic carbocycles. The third-order valence-electron chi connectivity index (χ3n) is 1.40. The molecule has 1 aromatic heterocycles. The third-order valence-corrected chi connectivity index (χ3v) is 2.68. The highest BCUT2D eigenvalue weighted by Gasteiger charge is 2.11. The second-order valence-corrected chi connectivity index (χ2v) is 3.77. The van der Waals surface area contributed by atoms with Crippen LogP contribution in [0.25, 0.3) is 0 Å². The van der Waals surface area contributed by atoms with Crippen LogP contribution in [0.4, 0.5) is 0 Å². The van der Waals surface area contributed by atoms with Crippen LogP contribution in [0.5, 0.6) is 0 Å². The number of ether oxygens (including phenoxy) is 1. The quantitative estimate of drug-likeness (QED) is 0.662. The van der Waals surface area contributed by atoms with Gasteiger partial charge in [0, 0.05) is 5.92 Å². The van der Waals surface area contributed by atoms with Crippen molar-refractivity contribution in [2.24, 2.45) is 0 Å². The zero-order chi connectivity index (χ0) is 9.14. The van der Waals surface area contributed by atoms with Crippen LogP contribution >= 0.6 is 11.3 Å². The van der Waals surface area contributed by atoms with Gasteiger partial charge in [-0.15, -0.1) is 11.3 Å². The predicted molar refractivity (Wildman–Crippen MR) is 47.5 cm³/mol. The number of methoxy groups -OCH3 is 1. The minimum atomic E-state index is -0.306. The molecule has 1 aromatic rings. The molecule has 0 saturated carbocycles. The minimum absolute atomic E-state index is 0.306. The number of nitrogens with zero attached hydrogens (tertiary/aromatic N) is 1. The molecule has 4 heteroatoms. The molecule has 0 aliphatic heterocycles. The number of hydrogen-bond acceptors (Lipinski definition) is 4. The molecule has 0 fully saturated rings. The number of carbonyl (C=O) groups is 1. The van der Waals surface area contributed by atoms with Crippen LogP contribution < -0.4 is 0 Å². The molecule has 0 aliphatic rings. The minimum Gasteiger partial charge on any atom is -0.465 e. The van der Waals surface area contributed by atoms with Crippen LogP contribution in [0.1, 0.15) is 34.4 Å². The van der Waals surface area contributed by atoms with Crippen molar-refractivity contribution in [3.8, 4) is 0 Å². The molecule has 3 nitrogen and oxygen atoms in total. The number of rotatable bonds is 2. The van der Waals surface area contributed by atoms with Crippen molar-refractivity contribution in [3.63, 3.8) is 0 Å². The van der Waals surface area contributed by atoms with Crippen LogP contribution in [0.2, 0.25) is 0 Å². The van der Waals surface area contributed by atoms with Gasteiger partial charge in [-0.1, -0.05) is 13.8 Å². The van der Waals surface area contributed by atoms with E-state index in [2.05, 4.69) is 9.72 Å². The van der Waals surface area contributed by atoms with E-state index in [4.69, 9.17) is 0 Å². The first-order chi connectivity index (χ1) is 5.65. The number of aromatic nitrogens is 1. The maximum Gasteiger partial charge on any atom is 0.349 e. The lowest BCUT2D eigenvalue weighted by Crippen LogP contribution is -1.96. The van der Waals surface area contributed by atoms with E-state index in [-0.39, 0.29) is 5.97 Å². The third kappa shape index (κ3) is 1.82. The summed E-state index contributed by atoms with van der Waals surface area (Å²) in [5.74, 6) is 0.0628. The number of esters is 1. The Morgan fingerprint density at radius 3 is 2.75 bits per heavy atom. The van der Waals surface area contributed by atoms with Crippen molar-refractivity contribution in [1.29, 1.82) is 0 Å². The summed E-state index contributed by atoms with van der Waals surface area (Å²) in [5.41, 5.74) is 0. The molecule has 0 atom stereocenters. The van der Waals surface area contributed by atoms with Crippen LogP contribution in [0.15, 0.2) is 6.20 Å². The van der Waals surface area contributed by atoms with E-state index in [0.717, 1.165) is 5.01 Å². The first kappa shape index (κ1) is 9.19. The molecule has 0 bridgehead atoms. The summed E-state index contributed by atoms with van der Waals surface area (Å²) in [4.78, 5) is 15.7. The summed E-state index contributed by atoms with van der Waals surface area (Å²) < 4.78 is 4.56. The van der Waals surface area contributed by atoms with Gasteiger partial charge in [0.1, 0.15) is 4.88 Å². The number of carbonyl (C=O) groups excluding carboxylic acids is 1. The Kier molecular flexibility index (Phi) is 2.81. The van der Waals surface area contributed by atoms with E-state index < -0.39 is 0 Å². The van der Waals surface area contributed by atoms with Gasteiger partial charge in [0.25, 0.3) is 0 Å². The second kappa shape index (κ2) is 3.67. The van der Waals surface area contributed by atoms with E-state index in [1.807, 2.05) is 13.8 Å². The van der Waals surface area contributed by atoms with E-state index in [1.54, 1.807) is 6.20 Å². The van der Waals surface area contributed by atoms with Gasteiger partial charge in [0.15, 0.2) is 0 Å². The molecule has 0 aliphatic carbocycles. The average Bonchev–Trinajstić information content (AvgIpc) is 2.51. The number of thiazole rings is 1. The molecule has 0 unspecified atom stereocenters. The number of hydrogen-bond donors (Lipinski definition) is 0. The molecule has 0 spiro atoms. The van der Waals surface area contributed by atoms with Gasteiger partial charge in [0.05, 0.1) is 18.3 Å². The molecular weight excluding hydrogens is 174 g/mol. The van der Waals surface area contributed by atoms with Crippen LogP contribution in [-0.2, 0) is 4.74 Å². The fourth-order valence-electron chi connectivity index (χ4n) is 0.749. The van der Waals surface area contributed by atoms with Crippen LogP contribution in [-0.4, -0.2) is 18.1 Å². The van der Waals surface area contributed by atoms with E-state index in [0.29, 0.717) is 10.8 Å². The molecule has 0 radical (unpaired) electrons. The maximum atomic E-state index is 11.0. The fraction of sp³-hybridized carbons (Fsp3) is 0.500. The molecule has 1 heterocycles. The SMILES string of the molecule is COC(=O)c1cnc(C(C)C)s1. The molecule has 0 N–H and O–H groups in total. The van der Waals surface area contributed by atoms with Crippen molar-refractivity contribution in [2.45, 2.75) is 19.8 Å². The molecule has 12 heavy (non-hydrogen) atoms. The highest BCUT2D eigenvalue weighted by molar-refractivity contribution is 7.13. The van der Waals surface area contributed by atoms with Crippen LogP contribution in [0.3, 0.4) is 0 Å². The van der Waals surface area contributed by atoms with Crippen molar-refractivity contribution < 1.29 is 9.53 Å². The zero-order valence-electron chi connectivity index (χ0n) is 7.33. The lowest BCUT2D eigenvalue weighted by Gasteiger charge is -1.95. The van der Waals surface area contributed by atoms with Gasteiger partial charge in [-0.25, -0.2) is 9.78 Å². The Bertz CT molecular complexity index is 280. The summed E-state index contributed by atoms with van der Waals surface area (Å²) in [5, 5.41) is 0.968. The highest BCUT2D eigenvalue weighted by atomic mass is 32.1. The van der Waals surface area contributed by atoms with Gasteiger partial charge in [-0.05, 0) is 0 Å². The Hall–Kier alpha value is -0.900. The smallest absolute Gasteiger partial charge is 0.349 e. The van der Waals surface area contributed by atoms with Gasteiger partial charge < -0.3 is 4.74 Å². The Labute approximate surface area is 75.4 Å². The van der Waals surface area contributed by atoms with Gasteiger partial charge in [-0.3, -0.25) is 0 Å². The largest absolute Gasteiger partial charge is 0.465 e. The molecule has 66 valence electrons. The lowest BCUT2D eigenvalue weighted by atomic mass is 10.2. The first-order valence-corrected chi connectivity index (χ1v) is 4.51.